The highest BCUT2D eigenvalue weighted by Gasteiger charge is 2.20. The first-order valence-corrected chi connectivity index (χ1v) is 6.03. The minimum atomic E-state index is 0.765. The molecular formula is C14H23N. The van der Waals surface area contributed by atoms with Crippen LogP contribution in [-0.2, 0) is 6.42 Å². The number of hydrogen-bond acceptors (Lipinski definition) is 1. The zero-order valence-electron chi connectivity index (χ0n) is 10.6. The number of fused-ring (bicyclic) bond motifs is 1. The van der Waals surface area contributed by atoms with Crippen molar-refractivity contribution in [3.05, 3.63) is 28.8 Å². The molecule has 0 aliphatic heterocycles. The number of benzene rings is 1. The molecule has 1 nitrogen and oxygen atoms in total. The van der Waals surface area contributed by atoms with Crippen LogP contribution < -0.4 is 5.32 Å². The van der Waals surface area contributed by atoms with Crippen LogP contribution in [0.15, 0.2) is 12.1 Å². The van der Waals surface area contributed by atoms with Crippen molar-refractivity contribution in [3.8, 4) is 0 Å². The minimum absolute atomic E-state index is 0.765. The fraction of sp³-hybridized carbons (Fsp3) is 0.571. The molecule has 0 radical (unpaired) electrons. The summed E-state index contributed by atoms with van der Waals surface area (Å²) in [6.45, 7) is 8.55. The van der Waals surface area contributed by atoms with Crippen molar-refractivity contribution in [2.75, 3.05) is 12.4 Å². The summed E-state index contributed by atoms with van der Waals surface area (Å²) in [7, 11) is 1.99. The van der Waals surface area contributed by atoms with Crippen LogP contribution in [0.2, 0.25) is 0 Å². The molecule has 0 heterocycles. The molecule has 0 aromatic heterocycles. The molecule has 1 N–H and O–H groups in total. The molecule has 0 saturated carbocycles. The standard InChI is InChI=1S/C12H17N.C2H6/c1-8-4-5-10-7-11(13-3)6-9(2)12(8)10;1-2/h6-8,13H,4-5H2,1-3H3;1-2H3. The first kappa shape index (κ1) is 12.1. The topological polar surface area (TPSA) is 12.0 Å². The van der Waals surface area contributed by atoms with Gasteiger partial charge in [-0.2, -0.15) is 0 Å². The first-order valence-electron chi connectivity index (χ1n) is 6.03. The van der Waals surface area contributed by atoms with E-state index in [0.29, 0.717) is 0 Å². The number of rotatable bonds is 1. The van der Waals surface area contributed by atoms with E-state index in [0.717, 1.165) is 5.92 Å². The number of hydrogen-bond donors (Lipinski definition) is 1. The first-order chi connectivity index (χ1) is 7.22. The maximum absolute atomic E-state index is 3.21. The Bertz CT molecular complexity index is 328. The van der Waals surface area contributed by atoms with Gasteiger partial charge in [-0.1, -0.05) is 20.8 Å². The van der Waals surface area contributed by atoms with Gasteiger partial charge in [0, 0.05) is 12.7 Å². The quantitative estimate of drug-likeness (QED) is 0.727. The zero-order valence-corrected chi connectivity index (χ0v) is 10.6. The Kier molecular flexibility index (Phi) is 4.19. The zero-order chi connectivity index (χ0) is 11.4. The average molecular weight is 205 g/mol. The highest BCUT2D eigenvalue weighted by atomic mass is 14.8. The third-order valence-electron chi connectivity index (χ3n) is 3.10. The summed E-state index contributed by atoms with van der Waals surface area (Å²) in [5.41, 5.74) is 5.85. The lowest BCUT2D eigenvalue weighted by Crippen LogP contribution is -1.95. The predicted octanol–water partition coefficient (Wildman–Crippen LogP) is 4.11. The van der Waals surface area contributed by atoms with Gasteiger partial charge in [-0.3, -0.25) is 0 Å². The summed E-state index contributed by atoms with van der Waals surface area (Å²) >= 11 is 0. The SMILES string of the molecule is CC.CNc1cc(C)c2c(c1)CCC2C. The van der Waals surface area contributed by atoms with Gasteiger partial charge in [0.1, 0.15) is 0 Å². The van der Waals surface area contributed by atoms with Gasteiger partial charge < -0.3 is 5.32 Å². The molecule has 1 heteroatoms. The molecule has 1 aliphatic carbocycles. The fourth-order valence-corrected chi connectivity index (χ4v) is 2.44. The molecule has 1 unspecified atom stereocenters. The maximum atomic E-state index is 3.21. The van der Waals surface area contributed by atoms with Crippen LogP contribution in [-0.4, -0.2) is 7.05 Å². The van der Waals surface area contributed by atoms with E-state index in [9.17, 15) is 0 Å². The van der Waals surface area contributed by atoms with Gasteiger partial charge in [0.2, 0.25) is 0 Å². The highest BCUT2D eigenvalue weighted by Crippen LogP contribution is 2.36. The van der Waals surface area contributed by atoms with Gasteiger partial charge in [-0.25, -0.2) is 0 Å². The second-order valence-electron chi connectivity index (χ2n) is 4.06. The molecule has 2 rings (SSSR count). The monoisotopic (exact) mass is 205 g/mol. The average Bonchev–Trinajstić information content (AvgIpc) is 2.63. The number of aryl methyl sites for hydroxylation is 2. The van der Waals surface area contributed by atoms with Crippen molar-refractivity contribution in [2.24, 2.45) is 0 Å². The molecule has 1 aromatic carbocycles. The van der Waals surface area contributed by atoms with Crippen LogP contribution in [0.25, 0.3) is 0 Å². The molecule has 0 saturated heterocycles. The van der Waals surface area contributed by atoms with Crippen molar-refractivity contribution < 1.29 is 0 Å². The van der Waals surface area contributed by atoms with E-state index in [2.05, 4.69) is 31.3 Å². The smallest absolute Gasteiger partial charge is 0.0343 e. The van der Waals surface area contributed by atoms with E-state index < -0.39 is 0 Å². The molecule has 0 spiro atoms. The minimum Gasteiger partial charge on any atom is -0.388 e. The van der Waals surface area contributed by atoms with Crippen LogP contribution in [0.3, 0.4) is 0 Å². The van der Waals surface area contributed by atoms with E-state index in [-0.39, 0.29) is 0 Å². The molecule has 0 bridgehead atoms. The molecule has 15 heavy (non-hydrogen) atoms. The summed E-state index contributed by atoms with van der Waals surface area (Å²) in [5.74, 6) is 0.765. The molecule has 1 aromatic rings. The van der Waals surface area contributed by atoms with Crippen LogP contribution in [0.4, 0.5) is 5.69 Å². The van der Waals surface area contributed by atoms with Gasteiger partial charge in [-0.15, -0.1) is 0 Å². The van der Waals surface area contributed by atoms with Crippen LogP contribution in [0.1, 0.15) is 49.8 Å². The number of nitrogens with one attached hydrogen (secondary N) is 1. The van der Waals surface area contributed by atoms with Crippen molar-refractivity contribution in [1.82, 2.24) is 0 Å². The van der Waals surface area contributed by atoms with E-state index in [1.807, 2.05) is 20.9 Å². The maximum Gasteiger partial charge on any atom is 0.0343 e. The van der Waals surface area contributed by atoms with Gasteiger partial charge in [0.25, 0.3) is 0 Å². The molecule has 84 valence electrons. The van der Waals surface area contributed by atoms with E-state index in [1.54, 1.807) is 11.1 Å². The van der Waals surface area contributed by atoms with Gasteiger partial charge >= 0.3 is 0 Å². The van der Waals surface area contributed by atoms with Crippen LogP contribution in [0, 0.1) is 6.92 Å². The Hall–Kier alpha value is -0.980. The van der Waals surface area contributed by atoms with E-state index in [4.69, 9.17) is 0 Å². The Morgan fingerprint density at radius 2 is 1.93 bits per heavy atom. The van der Waals surface area contributed by atoms with Gasteiger partial charge in [-0.05, 0) is 54.5 Å². The fourth-order valence-electron chi connectivity index (χ4n) is 2.44. The summed E-state index contributed by atoms with van der Waals surface area (Å²) in [5, 5.41) is 3.21. The molecular weight excluding hydrogens is 182 g/mol. The van der Waals surface area contributed by atoms with E-state index >= 15 is 0 Å². The highest BCUT2D eigenvalue weighted by molar-refractivity contribution is 5.54. The van der Waals surface area contributed by atoms with Crippen molar-refractivity contribution in [3.63, 3.8) is 0 Å². The van der Waals surface area contributed by atoms with Crippen LogP contribution >= 0.6 is 0 Å². The Balaban J connectivity index is 0.000000531. The predicted molar refractivity (Wildman–Crippen MR) is 68.8 cm³/mol. The third kappa shape index (κ3) is 2.34. The normalized spacial score (nSPS) is 17.8. The largest absolute Gasteiger partial charge is 0.388 e. The van der Waals surface area contributed by atoms with Crippen molar-refractivity contribution in [2.45, 2.75) is 46.5 Å². The lowest BCUT2D eigenvalue weighted by Gasteiger charge is -2.11. The van der Waals surface area contributed by atoms with Crippen molar-refractivity contribution >= 4 is 5.69 Å². The summed E-state index contributed by atoms with van der Waals surface area (Å²) in [6.07, 6.45) is 2.58. The lowest BCUT2D eigenvalue weighted by molar-refractivity contribution is 0.744. The third-order valence-corrected chi connectivity index (χ3v) is 3.10. The molecule has 0 fully saturated rings. The van der Waals surface area contributed by atoms with Crippen LogP contribution in [0.5, 0.6) is 0 Å². The summed E-state index contributed by atoms with van der Waals surface area (Å²) in [4.78, 5) is 0. The van der Waals surface area contributed by atoms with E-state index in [1.165, 1.54) is 24.1 Å². The van der Waals surface area contributed by atoms with Crippen molar-refractivity contribution in [1.29, 1.82) is 0 Å². The van der Waals surface area contributed by atoms with Gasteiger partial charge in [0.05, 0.1) is 0 Å². The number of anilines is 1. The summed E-state index contributed by atoms with van der Waals surface area (Å²) in [6, 6.07) is 4.55. The Labute approximate surface area is 93.9 Å². The lowest BCUT2D eigenvalue weighted by atomic mass is 9.97. The Morgan fingerprint density at radius 1 is 1.27 bits per heavy atom. The molecule has 0 amide bonds. The second-order valence-corrected chi connectivity index (χ2v) is 4.06. The molecule has 1 aliphatic rings. The Morgan fingerprint density at radius 3 is 2.53 bits per heavy atom. The second kappa shape index (κ2) is 5.20. The van der Waals surface area contributed by atoms with Gasteiger partial charge in [0.15, 0.2) is 0 Å². The molecule has 1 atom stereocenters. The summed E-state index contributed by atoms with van der Waals surface area (Å²) < 4.78 is 0.